The summed E-state index contributed by atoms with van der Waals surface area (Å²) in [5.74, 6) is -0.797. The topological polar surface area (TPSA) is 80.9 Å². The molecule has 0 fully saturated rings. The zero-order valence-electron chi connectivity index (χ0n) is 14.4. The van der Waals surface area contributed by atoms with Gasteiger partial charge in [-0.25, -0.2) is 0 Å². The Morgan fingerprint density at radius 1 is 0.462 bits per heavy atom. The van der Waals surface area contributed by atoms with E-state index in [1.165, 1.54) is 28.8 Å². The second kappa shape index (κ2) is 7.83. The molecule has 3 rings (SSSR count). The molecule has 0 spiro atoms. The third-order valence-electron chi connectivity index (χ3n) is 4.49. The van der Waals surface area contributed by atoms with Crippen LogP contribution in [0.4, 0.5) is 0 Å². The Kier molecular flexibility index (Phi) is 5.32. The molecule has 0 saturated heterocycles. The first-order valence-corrected chi connectivity index (χ1v) is 8.61. The molecule has 0 aliphatic heterocycles. The first-order chi connectivity index (χ1) is 12.5. The second-order valence-electron chi connectivity index (χ2n) is 6.47. The number of hydrogen-bond donors (Lipinski definition) is 4. The van der Waals surface area contributed by atoms with Crippen LogP contribution in [0.15, 0.2) is 60.7 Å². The van der Waals surface area contributed by atoms with Crippen molar-refractivity contribution in [2.24, 2.45) is 0 Å². The first-order valence-electron chi connectivity index (χ1n) is 8.61. The van der Waals surface area contributed by atoms with Gasteiger partial charge in [-0.3, -0.25) is 0 Å². The number of phenols is 4. The van der Waals surface area contributed by atoms with E-state index in [0.717, 1.165) is 24.8 Å². The van der Waals surface area contributed by atoms with Crippen molar-refractivity contribution in [3.8, 4) is 23.0 Å². The zero-order chi connectivity index (χ0) is 18.5. The van der Waals surface area contributed by atoms with Crippen molar-refractivity contribution in [2.75, 3.05) is 0 Å². The average Bonchev–Trinajstić information content (AvgIpc) is 2.64. The Labute approximate surface area is 152 Å². The lowest BCUT2D eigenvalue weighted by Crippen LogP contribution is -1.94. The molecule has 0 aliphatic rings. The van der Waals surface area contributed by atoms with Crippen molar-refractivity contribution >= 4 is 0 Å². The van der Waals surface area contributed by atoms with Gasteiger partial charge in [0.2, 0.25) is 0 Å². The van der Waals surface area contributed by atoms with Crippen molar-refractivity contribution in [3.05, 3.63) is 82.9 Å². The lowest BCUT2D eigenvalue weighted by molar-refractivity contribution is 0.367. The van der Waals surface area contributed by atoms with Gasteiger partial charge in [-0.1, -0.05) is 36.4 Å². The number of hydrogen-bond acceptors (Lipinski definition) is 4. The molecule has 0 amide bonds. The Hall–Kier alpha value is -3.14. The van der Waals surface area contributed by atoms with E-state index < -0.39 is 5.75 Å². The van der Waals surface area contributed by atoms with Crippen LogP contribution in [-0.2, 0) is 25.7 Å². The van der Waals surface area contributed by atoms with Crippen LogP contribution in [-0.4, -0.2) is 20.4 Å². The molecule has 0 bridgehead atoms. The Bertz CT molecular complexity index is 845. The summed E-state index contributed by atoms with van der Waals surface area (Å²) in [7, 11) is 0. The number of aryl methyl sites for hydroxylation is 4. The quantitative estimate of drug-likeness (QED) is 0.505. The molecule has 4 heteroatoms. The third kappa shape index (κ3) is 4.48. The van der Waals surface area contributed by atoms with Crippen molar-refractivity contribution < 1.29 is 20.4 Å². The van der Waals surface area contributed by atoms with Crippen LogP contribution >= 0.6 is 0 Å². The highest BCUT2D eigenvalue weighted by atomic mass is 16.3. The van der Waals surface area contributed by atoms with Crippen molar-refractivity contribution in [3.63, 3.8) is 0 Å². The molecule has 0 radical (unpaired) electrons. The fraction of sp³-hybridized carbons (Fsp3) is 0.182. The highest BCUT2D eigenvalue weighted by Crippen LogP contribution is 2.35. The van der Waals surface area contributed by atoms with Gasteiger partial charge in [0.05, 0.1) is 0 Å². The minimum atomic E-state index is -0.480. The molecular formula is C22H22O4. The first kappa shape index (κ1) is 17.7. The lowest BCUT2D eigenvalue weighted by Gasteiger charge is -2.07. The predicted octanol–water partition coefficient (Wildman–Crippen LogP) is 4.08. The molecule has 134 valence electrons. The third-order valence-corrected chi connectivity index (χ3v) is 4.49. The van der Waals surface area contributed by atoms with Gasteiger partial charge < -0.3 is 20.4 Å². The molecule has 0 aliphatic carbocycles. The minimum Gasteiger partial charge on any atom is -0.508 e. The normalized spacial score (nSPS) is 10.8. The van der Waals surface area contributed by atoms with Crippen LogP contribution in [0.25, 0.3) is 0 Å². The largest absolute Gasteiger partial charge is 0.508 e. The molecule has 0 atom stereocenters. The monoisotopic (exact) mass is 350 g/mol. The fourth-order valence-corrected chi connectivity index (χ4v) is 2.92. The average molecular weight is 350 g/mol. The maximum atomic E-state index is 9.56. The standard InChI is InChI=1S/C22H22O4/c23-19-11-9-17(10-12-19)6-5-15-1-3-16(4-2-15)7-8-18-13-20(24)22(26)21(25)14-18/h1-4,9-14,23-26H,5-8H2. The Morgan fingerprint density at radius 3 is 1.23 bits per heavy atom. The molecule has 0 saturated carbocycles. The minimum absolute atomic E-state index is 0.286. The van der Waals surface area contributed by atoms with Crippen LogP contribution in [0.2, 0.25) is 0 Å². The lowest BCUT2D eigenvalue weighted by atomic mass is 10.00. The molecule has 26 heavy (non-hydrogen) atoms. The van der Waals surface area contributed by atoms with E-state index in [1.54, 1.807) is 12.1 Å². The van der Waals surface area contributed by atoms with Crippen LogP contribution in [0.1, 0.15) is 22.3 Å². The highest BCUT2D eigenvalue weighted by molar-refractivity contribution is 5.51. The predicted molar refractivity (Wildman–Crippen MR) is 101 cm³/mol. The van der Waals surface area contributed by atoms with Crippen LogP contribution in [0, 0.1) is 0 Å². The molecule has 0 unspecified atom stereocenters. The molecule has 4 nitrogen and oxygen atoms in total. The van der Waals surface area contributed by atoms with Crippen molar-refractivity contribution in [2.45, 2.75) is 25.7 Å². The number of phenolic OH excluding ortho intramolecular Hbond substituents is 4. The van der Waals surface area contributed by atoms with Gasteiger partial charge in [0.25, 0.3) is 0 Å². The van der Waals surface area contributed by atoms with Gasteiger partial charge in [0, 0.05) is 0 Å². The molecule has 0 heterocycles. The summed E-state index contributed by atoms with van der Waals surface area (Å²) in [4.78, 5) is 0. The van der Waals surface area contributed by atoms with Crippen molar-refractivity contribution in [1.29, 1.82) is 0 Å². The van der Waals surface area contributed by atoms with E-state index in [9.17, 15) is 20.4 Å². The Morgan fingerprint density at radius 2 is 0.808 bits per heavy atom. The van der Waals surface area contributed by atoms with Gasteiger partial charge in [0.1, 0.15) is 5.75 Å². The van der Waals surface area contributed by atoms with E-state index in [-0.39, 0.29) is 17.2 Å². The molecule has 4 N–H and O–H groups in total. The van der Waals surface area contributed by atoms with Crippen LogP contribution in [0.3, 0.4) is 0 Å². The number of benzene rings is 3. The summed E-state index contributed by atoms with van der Waals surface area (Å²) in [5.41, 5.74) is 4.39. The summed E-state index contributed by atoms with van der Waals surface area (Å²) >= 11 is 0. The van der Waals surface area contributed by atoms with Gasteiger partial charge in [-0.15, -0.1) is 0 Å². The van der Waals surface area contributed by atoms with E-state index in [0.29, 0.717) is 6.42 Å². The maximum Gasteiger partial charge on any atom is 0.200 e. The van der Waals surface area contributed by atoms with E-state index in [1.807, 2.05) is 12.1 Å². The van der Waals surface area contributed by atoms with Gasteiger partial charge in [0.15, 0.2) is 17.2 Å². The number of rotatable bonds is 6. The van der Waals surface area contributed by atoms with E-state index in [2.05, 4.69) is 24.3 Å². The van der Waals surface area contributed by atoms with E-state index in [4.69, 9.17) is 0 Å². The summed E-state index contributed by atoms with van der Waals surface area (Å²) in [6, 6.07) is 18.6. The highest BCUT2D eigenvalue weighted by Gasteiger charge is 2.08. The summed E-state index contributed by atoms with van der Waals surface area (Å²) < 4.78 is 0. The molecule has 3 aromatic rings. The van der Waals surface area contributed by atoms with Gasteiger partial charge in [-0.05, 0) is 72.2 Å². The molecular weight excluding hydrogens is 328 g/mol. The second-order valence-corrected chi connectivity index (χ2v) is 6.47. The summed E-state index contributed by atoms with van der Waals surface area (Å²) in [6.45, 7) is 0. The smallest absolute Gasteiger partial charge is 0.200 e. The zero-order valence-corrected chi connectivity index (χ0v) is 14.4. The SMILES string of the molecule is Oc1ccc(CCc2ccc(CCc3cc(O)c(O)c(O)c3)cc2)cc1. The molecule has 0 aromatic heterocycles. The van der Waals surface area contributed by atoms with E-state index >= 15 is 0 Å². The van der Waals surface area contributed by atoms with Crippen LogP contribution < -0.4 is 0 Å². The summed E-state index contributed by atoms with van der Waals surface area (Å²) in [6.07, 6.45) is 3.30. The van der Waals surface area contributed by atoms with Gasteiger partial charge in [-0.2, -0.15) is 0 Å². The van der Waals surface area contributed by atoms with Crippen LogP contribution in [0.5, 0.6) is 23.0 Å². The summed E-state index contributed by atoms with van der Waals surface area (Å²) in [5, 5.41) is 37.8. The van der Waals surface area contributed by atoms with Crippen molar-refractivity contribution in [1.82, 2.24) is 0 Å². The number of aromatic hydroxyl groups is 4. The Balaban J connectivity index is 1.55. The van der Waals surface area contributed by atoms with Gasteiger partial charge >= 0.3 is 0 Å². The fourth-order valence-electron chi connectivity index (χ4n) is 2.92. The maximum absolute atomic E-state index is 9.56. The molecule has 3 aromatic carbocycles.